The predicted octanol–water partition coefficient (Wildman–Crippen LogP) is 0.671. The van der Waals surface area contributed by atoms with Gasteiger partial charge >= 0.3 is 0 Å². The summed E-state index contributed by atoms with van der Waals surface area (Å²) in [5, 5.41) is 11.4. The largest absolute Gasteiger partial charge is 0.355 e. The number of aryl methyl sites for hydroxylation is 1. The van der Waals surface area contributed by atoms with Crippen LogP contribution in [0.4, 0.5) is 0 Å². The van der Waals surface area contributed by atoms with Gasteiger partial charge in [0, 0.05) is 6.54 Å². The van der Waals surface area contributed by atoms with Crippen molar-refractivity contribution in [1.29, 1.82) is 5.26 Å². The van der Waals surface area contributed by atoms with Crippen LogP contribution in [0.3, 0.4) is 0 Å². The molecule has 1 aromatic rings. The minimum atomic E-state index is -3.81. The molecule has 6 nitrogen and oxygen atoms in total. The van der Waals surface area contributed by atoms with Crippen LogP contribution in [0.5, 0.6) is 0 Å². The van der Waals surface area contributed by atoms with E-state index < -0.39 is 10.0 Å². The Hall–Kier alpha value is -1.91. The van der Waals surface area contributed by atoms with Crippen LogP contribution >= 0.6 is 0 Å². The first-order chi connectivity index (χ1) is 9.40. The molecule has 0 radical (unpaired) electrons. The standard InChI is InChI=1S/C13H17N3O3S/c1-3-6-15-13(17)9-16-20(18,19)12-7-11(8-14)5-4-10(12)2/h4-5,7,16H,3,6,9H2,1-2H3,(H,15,17). The number of amides is 1. The van der Waals surface area contributed by atoms with Crippen molar-refractivity contribution in [3.8, 4) is 6.07 Å². The molecule has 0 saturated carbocycles. The maximum Gasteiger partial charge on any atom is 0.241 e. The third-order valence-electron chi connectivity index (χ3n) is 2.60. The number of benzene rings is 1. The van der Waals surface area contributed by atoms with Crippen LogP contribution in [0, 0.1) is 18.3 Å². The van der Waals surface area contributed by atoms with Crippen LogP contribution in [0.15, 0.2) is 23.1 Å². The van der Waals surface area contributed by atoms with Gasteiger partial charge in [-0.2, -0.15) is 5.26 Å². The molecular formula is C13H17N3O3S. The second-order valence-corrected chi connectivity index (χ2v) is 6.00. The maximum atomic E-state index is 12.1. The van der Waals surface area contributed by atoms with Crippen LogP contribution in [0.25, 0.3) is 0 Å². The molecule has 1 aromatic carbocycles. The Labute approximate surface area is 118 Å². The molecule has 1 amide bonds. The quantitative estimate of drug-likeness (QED) is 0.805. The molecule has 0 spiro atoms. The Bertz CT molecular complexity index is 633. The van der Waals surface area contributed by atoms with E-state index in [2.05, 4.69) is 10.0 Å². The number of carbonyl (C=O) groups excluding carboxylic acids is 1. The van der Waals surface area contributed by atoms with Gasteiger partial charge in [-0.05, 0) is 31.0 Å². The number of nitrogens with one attached hydrogen (secondary N) is 2. The second-order valence-electron chi connectivity index (χ2n) is 4.27. The molecule has 1 rings (SSSR count). The fourth-order valence-corrected chi connectivity index (χ4v) is 2.78. The number of carbonyl (C=O) groups is 1. The molecule has 0 aliphatic rings. The molecule has 7 heteroatoms. The first-order valence-corrected chi connectivity index (χ1v) is 7.66. The Morgan fingerprint density at radius 3 is 2.70 bits per heavy atom. The molecule has 0 aromatic heterocycles. The molecule has 0 heterocycles. The van der Waals surface area contributed by atoms with Gasteiger partial charge in [0.05, 0.1) is 23.1 Å². The van der Waals surface area contributed by atoms with Gasteiger partial charge in [0.15, 0.2) is 0 Å². The van der Waals surface area contributed by atoms with Crippen molar-refractivity contribution in [3.05, 3.63) is 29.3 Å². The molecule has 2 N–H and O–H groups in total. The lowest BCUT2D eigenvalue weighted by atomic mass is 10.2. The number of nitriles is 1. The van der Waals surface area contributed by atoms with Gasteiger partial charge in [-0.3, -0.25) is 4.79 Å². The summed E-state index contributed by atoms with van der Waals surface area (Å²) in [4.78, 5) is 11.4. The van der Waals surface area contributed by atoms with Crippen LogP contribution in [-0.4, -0.2) is 27.4 Å². The van der Waals surface area contributed by atoms with Gasteiger partial charge in [0.1, 0.15) is 0 Å². The van der Waals surface area contributed by atoms with Crippen molar-refractivity contribution < 1.29 is 13.2 Å². The predicted molar refractivity (Wildman–Crippen MR) is 74.4 cm³/mol. The van der Waals surface area contributed by atoms with E-state index in [4.69, 9.17) is 5.26 Å². The summed E-state index contributed by atoms with van der Waals surface area (Å²) in [7, 11) is -3.81. The molecule has 20 heavy (non-hydrogen) atoms. The SMILES string of the molecule is CCCNC(=O)CNS(=O)(=O)c1cc(C#N)ccc1C. The lowest BCUT2D eigenvalue weighted by Gasteiger charge is -2.09. The van der Waals surface area contributed by atoms with Crippen LogP contribution in [0.1, 0.15) is 24.5 Å². The molecule has 0 fully saturated rings. The summed E-state index contributed by atoms with van der Waals surface area (Å²) >= 11 is 0. The van der Waals surface area contributed by atoms with Crippen LogP contribution in [0.2, 0.25) is 0 Å². The molecule has 108 valence electrons. The van der Waals surface area contributed by atoms with Crippen LogP contribution < -0.4 is 10.0 Å². The lowest BCUT2D eigenvalue weighted by Crippen LogP contribution is -2.37. The minimum absolute atomic E-state index is 0.0137. The lowest BCUT2D eigenvalue weighted by molar-refractivity contribution is -0.119. The van der Waals surface area contributed by atoms with Gasteiger partial charge in [-0.1, -0.05) is 13.0 Å². The monoisotopic (exact) mass is 295 g/mol. The average molecular weight is 295 g/mol. The molecule has 0 saturated heterocycles. The van der Waals surface area contributed by atoms with Gasteiger partial charge < -0.3 is 5.32 Å². The maximum absolute atomic E-state index is 12.1. The zero-order valence-electron chi connectivity index (χ0n) is 11.4. The third kappa shape index (κ3) is 4.33. The summed E-state index contributed by atoms with van der Waals surface area (Å²) in [5.41, 5.74) is 0.775. The van der Waals surface area contributed by atoms with E-state index in [9.17, 15) is 13.2 Å². The van der Waals surface area contributed by atoms with E-state index in [1.54, 1.807) is 19.1 Å². The van der Waals surface area contributed by atoms with Gasteiger partial charge in [0.25, 0.3) is 0 Å². The molecule has 0 aliphatic carbocycles. The Morgan fingerprint density at radius 2 is 2.10 bits per heavy atom. The number of hydrogen-bond acceptors (Lipinski definition) is 4. The molecule has 0 aliphatic heterocycles. The van der Waals surface area contributed by atoms with E-state index >= 15 is 0 Å². The number of rotatable bonds is 6. The average Bonchev–Trinajstić information content (AvgIpc) is 2.43. The highest BCUT2D eigenvalue weighted by atomic mass is 32.2. The van der Waals surface area contributed by atoms with Crippen LogP contribution in [-0.2, 0) is 14.8 Å². The second kappa shape index (κ2) is 7.03. The highest BCUT2D eigenvalue weighted by molar-refractivity contribution is 7.89. The van der Waals surface area contributed by atoms with Crippen molar-refractivity contribution in [2.75, 3.05) is 13.1 Å². The minimum Gasteiger partial charge on any atom is -0.355 e. The van der Waals surface area contributed by atoms with E-state index in [1.165, 1.54) is 6.07 Å². The summed E-state index contributed by atoms with van der Waals surface area (Å²) < 4.78 is 26.4. The zero-order chi connectivity index (χ0) is 15.2. The molecule has 0 atom stereocenters. The Morgan fingerprint density at radius 1 is 1.40 bits per heavy atom. The number of sulfonamides is 1. The highest BCUT2D eigenvalue weighted by Crippen LogP contribution is 2.16. The summed E-state index contributed by atoms with van der Waals surface area (Å²) in [6, 6.07) is 6.28. The van der Waals surface area contributed by atoms with Crippen molar-refractivity contribution in [3.63, 3.8) is 0 Å². The van der Waals surface area contributed by atoms with E-state index in [-0.39, 0.29) is 22.9 Å². The number of hydrogen-bond donors (Lipinski definition) is 2. The zero-order valence-corrected chi connectivity index (χ0v) is 12.3. The fraction of sp³-hybridized carbons (Fsp3) is 0.385. The Balaban J connectivity index is 2.84. The first kappa shape index (κ1) is 16.1. The fourth-order valence-electron chi connectivity index (χ4n) is 1.52. The van der Waals surface area contributed by atoms with Gasteiger partial charge in [0.2, 0.25) is 15.9 Å². The van der Waals surface area contributed by atoms with E-state index in [0.717, 1.165) is 6.42 Å². The molecule has 0 unspecified atom stereocenters. The van der Waals surface area contributed by atoms with Gasteiger partial charge in [-0.15, -0.1) is 0 Å². The van der Waals surface area contributed by atoms with Crippen molar-refractivity contribution >= 4 is 15.9 Å². The molecule has 0 bridgehead atoms. The molecular weight excluding hydrogens is 278 g/mol. The first-order valence-electron chi connectivity index (χ1n) is 6.18. The third-order valence-corrected chi connectivity index (χ3v) is 4.14. The number of nitrogens with zero attached hydrogens (tertiary/aromatic N) is 1. The van der Waals surface area contributed by atoms with Crippen molar-refractivity contribution in [2.24, 2.45) is 0 Å². The Kier molecular flexibility index (Phi) is 5.67. The van der Waals surface area contributed by atoms with E-state index in [1.807, 2.05) is 13.0 Å². The summed E-state index contributed by atoms with van der Waals surface area (Å²) in [5.74, 6) is -0.385. The topological polar surface area (TPSA) is 99.1 Å². The van der Waals surface area contributed by atoms with Crippen molar-refractivity contribution in [1.82, 2.24) is 10.0 Å². The highest BCUT2D eigenvalue weighted by Gasteiger charge is 2.18. The normalized spacial score (nSPS) is 10.8. The summed E-state index contributed by atoms with van der Waals surface area (Å²) in [6.07, 6.45) is 0.780. The van der Waals surface area contributed by atoms with Gasteiger partial charge in [-0.25, -0.2) is 13.1 Å². The summed E-state index contributed by atoms with van der Waals surface area (Å²) in [6.45, 7) is 3.72. The smallest absolute Gasteiger partial charge is 0.241 e. The van der Waals surface area contributed by atoms with Crippen molar-refractivity contribution in [2.45, 2.75) is 25.2 Å². The van der Waals surface area contributed by atoms with E-state index in [0.29, 0.717) is 12.1 Å².